The average molecular weight is 457 g/mol. The number of imidazole rings is 1. The Bertz CT molecular complexity index is 1330. The fraction of sp³-hybridized carbons (Fsp3) is 0.391. The molecule has 0 bridgehead atoms. The summed E-state index contributed by atoms with van der Waals surface area (Å²) in [7, 11) is -1.87. The molecule has 1 amide bonds. The first kappa shape index (κ1) is 22.3. The summed E-state index contributed by atoms with van der Waals surface area (Å²) in [6.07, 6.45) is 0.192. The molecule has 0 atom stereocenters. The molecule has 0 spiro atoms. The average Bonchev–Trinajstić information content (AvgIpc) is 3.02. The van der Waals surface area contributed by atoms with Crippen molar-refractivity contribution in [3.05, 3.63) is 64.1 Å². The topological polar surface area (TPSA) is 84.6 Å². The first-order chi connectivity index (χ1) is 15.2. The number of sulfonamides is 1. The number of carbonyl (C=O) groups excluding carboxylic acids is 1. The van der Waals surface area contributed by atoms with Crippen LogP contribution in [0.5, 0.6) is 0 Å². The van der Waals surface area contributed by atoms with Crippen molar-refractivity contribution in [1.82, 2.24) is 18.3 Å². The molecule has 9 heteroatoms. The molecule has 0 saturated carbocycles. The summed E-state index contributed by atoms with van der Waals surface area (Å²) >= 11 is 0. The van der Waals surface area contributed by atoms with Crippen LogP contribution in [0.2, 0.25) is 0 Å². The highest BCUT2D eigenvalue weighted by Crippen LogP contribution is 2.22. The van der Waals surface area contributed by atoms with Crippen molar-refractivity contribution in [2.75, 3.05) is 26.2 Å². The van der Waals surface area contributed by atoms with Gasteiger partial charge in [0, 0.05) is 46.2 Å². The predicted molar refractivity (Wildman–Crippen MR) is 123 cm³/mol. The van der Waals surface area contributed by atoms with Gasteiger partial charge in [0.25, 0.3) is 0 Å². The summed E-state index contributed by atoms with van der Waals surface area (Å²) < 4.78 is 30.8. The van der Waals surface area contributed by atoms with E-state index >= 15 is 0 Å². The quantitative estimate of drug-likeness (QED) is 0.587. The number of fused-ring (bicyclic) bond motifs is 1. The third kappa shape index (κ3) is 3.98. The highest BCUT2D eigenvalue weighted by atomic mass is 32.2. The van der Waals surface area contributed by atoms with Crippen molar-refractivity contribution in [2.45, 2.75) is 31.7 Å². The molecular weight excluding hydrogens is 428 g/mol. The standard InChI is InChI=1S/C23H28N4O4S/c1-17-8-9-21(18(2)16-17)32(30,31)26-14-12-25(13-15-26)22(28)10-11-27-20-7-5-4-6-19(20)24(3)23(27)29/h4-9,16H,10-15H2,1-3H3. The normalized spacial score (nSPS) is 15.4. The van der Waals surface area contributed by atoms with Crippen LogP contribution < -0.4 is 5.69 Å². The third-order valence-electron chi connectivity index (χ3n) is 6.14. The zero-order chi connectivity index (χ0) is 23.0. The largest absolute Gasteiger partial charge is 0.340 e. The van der Waals surface area contributed by atoms with E-state index in [1.165, 1.54) is 4.31 Å². The Kier molecular flexibility index (Phi) is 5.96. The van der Waals surface area contributed by atoms with Gasteiger partial charge in [0.2, 0.25) is 15.9 Å². The maximum absolute atomic E-state index is 13.1. The lowest BCUT2D eigenvalue weighted by Crippen LogP contribution is -2.50. The molecule has 32 heavy (non-hydrogen) atoms. The highest BCUT2D eigenvalue weighted by Gasteiger charge is 2.31. The Hall–Kier alpha value is -2.91. The smallest absolute Gasteiger partial charge is 0.328 e. The fourth-order valence-corrected chi connectivity index (χ4v) is 5.98. The Morgan fingerprint density at radius 3 is 2.28 bits per heavy atom. The van der Waals surface area contributed by atoms with Crippen molar-refractivity contribution in [3.63, 3.8) is 0 Å². The number of aryl methyl sites for hydroxylation is 4. The minimum absolute atomic E-state index is 0.0756. The van der Waals surface area contributed by atoms with Gasteiger partial charge in [0.05, 0.1) is 15.9 Å². The summed E-state index contributed by atoms with van der Waals surface area (Å²) in [5.41, 5.74) is 3.22. The molecule has 2 aromatic carbocycles. The van der Waals surface area contributed by atoms with Gasteiger partial charge in [-0.05, 0) is 37.6 Å². The second kappa shape index (κ2) is 8.55. The molecule has 0 aliphatic carbocycles. The molecule has 1 fully saturated rings. The van der Waals surface area contributed by atoms with Crippen molar-refractivity contribution in [2.24, 2.45) is 7.05 Å². The van der Waals surface area contributed by atoms with Gasteiger partial charge < -0.3 is 4.90 Å². The molecule has 0 radical (unpaired) electrons. The minimum Gasteiger partial charge on any atom is -0.340 e. The van der Waals surface area contributed by atoms with E-state index in [2.05, 4.69) is 0 Å². The van der Waals surface area contributed by atoms with E-state index in [1.807, 2.05) is 37.3 Å². The molecule has 0 N–H and O–H groups in total. The zero-order valence-corrected chi connectivity index (χ0v) is 19.4. The number of rotatable bonds is 5. The van der Waals surface area contributed by atoms with E-state index in [1.54, 1.807) is 40.1 Å². The van der Waals surface area contributed by atoms with Crippen LogP contribution in [0.1, 0.15) is 17.5 Å². The molecule has 0 unspecified atom stereocenters. The summed E-state index contributed by atoms with van der Waals surface area (Å²) in [6, 6.07) is 12.8. The Labute approximate surface area is 187 Å². The lowest BCUT2D eigenvalue weighted by Gasteiger charge is -2.34. The molecule has 1 saturated heterocycles. The SMILES string of the molecule is Cc1ccc(S(=O)(=O)N2CCN(C(=O)CCn3c(=O)n(C)c4ccccc43)CC2)c(C)c1. The van der Waals surface area contributed by atoms with Crippen LogP contribution in [-0.2, 0) is 28.4 Å². The summed E-state index contributed by atoms with van der Waals surface area (Å²) in [4.78, 5) is 27.3. The number of nitrogens with zero attached hydrogens (tertiary/aromatic N) is 4. The molecule has 4 rings (SSSR count). The Morgan fingerprint density at radius 2 is 1.62 bits per heavy atom. The number of hydrogen-bond donors (Lipinski definition) is 0. The van der Waals surface area contributed by atoms with Gasteiger partial charge in [-0.15, -0.1) is 0 Å². The molecule has 8 nitrogen and oxygen atoms in total. The van der Waals surface area contributed by atoms with Crippen LogP contribution in [0.4, 0.5) is 0 Å². The van der Waals surface area contributed by atoms with Gasteiger partial charge in [-0.1, -0.05) is 29.8 Å². The highest BCUT2D eigenvalue weighted by molar-refractivity contribution is 7.89. The van der Waals surface area contributed by atoms with Crippen LogP contribution in [0.15, 0.2) is 52.2 Å². The number of carbonyl (C=O) groups is 1. The van der Waals surface area contributed by atoms with Crippen LogP contribution in [-0.4, -0.2) is 58.8 Å². The molecule has 1 aliphatic heterocycles. The molecule has 2 heterocycles. The molecule has 3 aromatic rings. The molecular formula is C23H28N4O4S. The van der Waals surface area contributed by atoms with E-state index < -0.39 is 10.0 Å². The van der Waals surface area contributed by atoms with E-state index in [9.17, 15) is 18.0 Å². The van der Waals surface area contributed by atoms with Crippen LogP contribution in [0, 0.1) is 13.8 Å². The van der Waals surface area contributed by atoms with E-state index in [0.29, 0.717) is 24.5 Å². The van der Waals surface area contributed by atoms with Gasteiger partial charge in [-0.25, -0.2) is 13.2 Å². The number of aromatic nitrogens is 2. The van der Waals surface area contributed by atoms with Gasteiger partial charge in [-0.3, -0.25) is 13.9 Å². The number of benzene rings is 2. The monoisotopic (exact) mass is 456 g/mol. The second-order valence-electron chi connectivity index (χ2n) is 8.29. The van der Waals surface area contributed by atoms with Gasteiger partial charge in [0.15, 0.2) is 0 Å². The molecule has 1 aromatic heterocycles. The summed E-state index contributed by atoms with van der Waals surface area (Å²) in [6.45, 7) is 5.22. The van der Waals surface area contributed by atoms with Crippen LogP contribution >= 0.6 is 0 Å². The van der Waals surface area contributed by atoms with Gasteiger partial charge in [-0.2, -0.15) is 4.31 Å². The molecule has 1 aliphatic rings. The van der Waals surface area contributed by atoms with Crippen molar-refractivity contribution in [3.8, 4) is 0 Å². The number of hydrogen-bond acceptors (Lipinski definition) is 4. The maximum atomic E-state index is 13.1. The minimum atomic E-state index is -3.59. The number of amides is 1. The van der Waals surface area contributed by atoms with Crippen molar-refractivity contribution in [1.29, 1.82) is 0 Å². The fourth-order valence-electron chi connectivity index (χ4n) is 4.35. The van der Waals surface area contributed by atoms with Crippen LogP contribution in [0.25, 0.3) is 11.0 Å². The number of piperazine rings is 1. The van der Waals surface area contributed by atoms with Crippen molar-refractivity contribution < 1.29 is 13.2 Å². The van der Waals surface area contributed by atoms with Crippen molar-refractivity contribution >= 4 is 27.0 Å². The first-order valence-corrected chi connectivity index (χ1v) is 12.1. The first-order valence-electron chi connectivity index (χ1n) is 10.7. The second-order valence-corrected chi connectivity index (χ2v) is 10.2. The Morgan fingerprint density at radius 1 is 0.969 bits per heavy atom. The van der Waals surface area contributed by atoms with E-state index in [-0.39, 0.29) is 31.1 Å². The number of para-hydroxylation sites is 2. The zero-order valence-electron chi connectivity index (χ0n) is 18.6. The summed E-state index contributed by atoms with van der Waals surface area (Å²) in [5, 5.41) is 0. The lowest BCUT2D eigenvalue weighted by atomic mass is 10.2. The lowest BCUT2D eigenvalue weighted by molar-refractivity contribution is -0.132. The molecule has 170 valence electrons. The third-order valence-corrected chi connectivity index (χ3v) is 8.20. The maximum Gasteiger partial charge on any atom is 0.328 e. The van der Waals surface area contributed by atoms with Gasteiger partial charge >= 0.3 is 5.69 Å². The van der Waals surface area contributed by atoms with Crippen LogP contribution in [0.3, 0.4) is 0 Å². The summed E-state index contributed by atoms with van der Waals surface area (Å²) in [5.74, 6) is -0.0756. The Balaban J connectivity index is 1.40. The van der Waals surface area contributed by atoms with E-state index in [4.69, 9.17) is 0 Å². The van der Waals surface area contributed by atoms with E-state index in [0.717, 1.165) is 22.2 Å². The predicted octanol–water partition coefficient (Wildman–Crippen LogP) is 1.88. The van der Waals surface area contributed by atoms with Gasteiger partial charge in [0.1, 0.15) is 0 Å².